The molecule has 6 heteroatoms. The Bertz CT molecular complexity index is 1070. The summed E-state index contributed by atoms with van der Waals surface area (Å²) in [6.45, 7) is 3.17. The number of fused-ring (bicyclic) bond motifs is 4. The third-order valence-corrected chi connectivity index (χ3v) is 6.57. The molecule has 3 aliphatic rings. The van der Waals surface area contributed by atoms with Crippen molar-refractivity contribution in [1.29, 1.82) is 0 Å². The molecule has 2 aromatic heterocycles. The van der Waals surface area contributed by atoms with Gasteiger partial charge in [0.05, 0.1) is 23.1 Å². The molecule has 0 spiro atoms. The SMILES string of the molecule is CCc1ccc(N(C(N)=O)c2ccc3nc(N4CC5CCC4CC5)ccc3c2)cn1. The van der Waals surface area contributed by atoms with E-state index in [-0.39, 0.29) is 0 Å². The van der Waals surface area contributed by atoms with Crippen LogP contribution in [-0.2, 0) is 6.42 Å². The number of aryl methyl sites for hydroxylation is 1. The molecule has 6 rings (SSSR count). The summed E-state index contributed by atoms with van der Waals surface area (Å²) in [5.41, 5.74) is 8.99. The van der Waals surface area contributed by atoms with Gasteiger partial charge in [0.15, 0.2) is 0 Å². The van der Waals surface area contributed by atoms with Crippen molar-refractivity contribution >= 4 is 34.1 Å². The van der Waals surface area contributed by atoms with Gasteiger partial charge in [-0.15, -0.1) is 0 Å². The molecular formula is C24H27N5O. The van der Waals surface area contributed by atoms with Gasteiger partial charge < -0.3 is 10.6 Å². The second-order valence-corrected chi connectivity index (χ2v) is 8.41. The second kappa shape index (κ2) is 7.59. The van der Waals surface area contributed by atoms with Crippen LogP contribution in [0.2, 0.25) is 0 Å². The predicted molar refractivity (Wildman–Crippen MR) is 120 cm³/mol. The van der Waals surface area contributed by atoms with Crippen LogP contribution in [0.15, 0.2) is 48.7 Å². The number of hydrogen-bond acceptors (Lipinski definition) is 4. The summed E-state index contributed by atoms with van der Waals surface area (Å²) in [6.07, 6.45) is 7.81. The van der Waals surface area contributed by atoms with Gasteiger partial charge >= 0.3 is 6.03 Å². The van der Waals surface area contributed by atoms with E-state index in [1.54, 1.807) is 6.20 Å². The zero-order valence-electron chi connectivity index (χ0n) is 17.3. The minimum absolute atomic E-state index is 0.533. The molecule has 0 radical (unpaired) electrons. The Kier molecular flexibility index (Phi) is 4.77. The van der Waals surface area contributed by atoms with E-state index in [1.165, 1.54) is 30.6 Å². The molecule has 1 aromatic carbocycles. The van der Waals surface area contributed by atoms with Crippen LogP contribution < -0.4 is 15.5 Å². The first-order chi connectivity index (χ1) is 14.6. The molecule has 2 aliphatic heterocycles. The van der Waals surface area contributed by atoms with Gasteiger partial charge in [0.1, 0.15) is 5.82 Å². The normalized spacial score (nSPS) is 20.5. The van der Waals surface area contributed by atoms with Crippen molar-refractivity contribution < 1.29 is 4.79 Å². The largest absolute Gasteiger partial charge is 0.353 e. The van der Waals surface area contributed by atoms with E-state index in [0.717, 1.165) is 41.3 Å². The molecule has 2 amide bonds. The van der Waals surface area contributed by atoms with E-state index < -0.39 is 6.03 Å². The lowest BCUT2D eigenvalue weighted by molar-refractivity contribution is 0.251. The molecule has 0 atom stereocenters. The van der Waals surface area contributed by atoms with Gasteiger partial charge in [-0.1, -0.05) is 6.92 Å². The smallest absolute Gasteiger partial charge is 0.323 e. The number of hydrogen-bond donors (Lipinski definition) is 1. The molecule has 6 nitrogen and oxygen atoms in total. The molecular weight excluding hydrogens is 374 g/mol. The van der Waals surface area contributed by atoms with Crippen LogP contribution in [0.1, 0.15) is 38.3 Å². The number of benzene rings is 1. The molecule has 2 saturated heterocycles. The molecule has 2 bridgehead atoms. The van der Waals surface area contributed by atoms with E-state index in [2.05, 4.69) is 22.0 Å². The number of nitrogens with two attached hydrogens (primary N) is 1. The van der Waals surface area contributed by atoms with Crippen LogP contribution in [0, 0.1) is 5.92 Å². The van der Waals surface area contributed by atoms with Gasteiger partial charge in [0.25, 0.3) is 0 Å². The number of nitrogens with zero attached hydrogens (tertiary/aromatic N) is 4. The molecule has 1 saturated carbocycles. The fourth-order valence-corrected chi connectivity index (χ4v) is 4.91. The van der Waals surface area contributed by atoms with Crippen molar-refractivity contribution in [3.05, 3.63) is 54.4 Å². The number of carbonyl (C=O) groups is 1. The summed E-state index contributed by atoms with van der Waals surface area (Å²) in [6, 6.07) is 13.9. The lowest BCUT2D eigenvalue weighted by Crippen LogP contribution is -2.48. The number of anilines is 3. The zero-order valence-corrected chi connectivity index (χ0v) is 17.3. The number of amides is 2. The Morgan fingerprint density at radius 3 is 2.53 bits per heavy atom. The maximum atomic E-state index is 12.2. The van der Waals surface area contributed by atoms with Gasteiger partial charge in [-0.3, -0.25) is 9.88 Å². The van der Waals surface area contributed by atoms with E-state index >= 15 is 0 Å². The summed E-state index contributed by atoms with van der Waals surface area (Å²) in [4.78, 5) is 25.5. The number of carbonyl (C=O) groups excluding carboxylic acids is 1. The standard InChI is InChI=1S/C24H27N5O/c1-2-18-6-9-21(14-26-18)29(24(25)30)20-10-11-22-17(13-20)5-12-23(27-22)28-15-16-3-7-19(28)8-4-16/h5-6,9-14,16,19H,2-4,7-8,15H2,1H3,(H2,25,30). The number of pyridine rings is 2. The van der Waals surface area contributed by atoms with E-state index in [1.807, 2.05) is 37.3 Å². The van der Waals surface area contributed by atoms with Gasteiger partial charge in [0, 0.05) is 23.7 Å². The quantitative estimate of drug-likeness (QED) is 0.682. The van der Waals surface area contributed by atoms with Gasteiger partial charge in [-0.25, -0.2) is 9.78 Å². The van der Waals surface area contributed by atoms with Crippen molar-refractivity contribution in [1.82, 2.24) is 9.97 Å². The molecule has 4 heterocycles. The highest BCUT2D eigenvalue weighted by Gasteiger charge is 2.34. The zero-order chi connectivity index (χ0) is 20.7. The van der Waals surface area contributed by atoms with E-state index in [4.69, 9.17) is 10.7 Å². The van der Waals surface area contributed by atoms with Crippen molar-refractivity contribution in [2.45, 2.75) is 45.1 Å². The average molecular weight is 402 g/mol. The molecule has 2 N–H and O–H groups in total. The Balaban J connectivity index is 1.47. The van der Waals surface area contributed by atoms with Crippen molar-refractivity contribution in [2.24, 2.45) is 11.7 Å². The number of urea groups is 1. The van der Waals surface area contributed by atoms with Crippen molar-refractivity contribution in [3.63, 3.8) is 0 Å². The van der Waals surface area contributed by atoms with Crippen molar-refractivity contribution in [3.8, 4) is 0 Å². The van der Waals surface area contributed by atoms with Gasteiger partial charge in [-0.05, 0) is 80.5 Å². The fourth-order valence-electron chi connectivity index (χ4n) is 4.91. The first-order valence-electron chi connectivity index (χ1n) is 10.8. The lowest BCUT2D eigenvalue weighted by atomic mass is 9.80. The first-order valence-corrected chi connectivity index (χ1v) is 10.8. The molecule has 1 aliphatic carbocycles. The van der Waals surface area contributed by atoms with Crippen LogP contribution >= 0.6 is 0 Å². The highest BCUT2D eigenvalue weighted by molar-refractivity contribution is 6.00. The number of rotatable bonds is 4. The Morgan fingerprint density at radius 2 is 1.90 bits per heavy atom. The van der Waals surface area contributed by atoms with E-state index in [9.17, 15) is 4.79 Å². The molecule has 3 aromatic rings. The molecule has 30 heavy (non-hydrogen) atoms. The predicted octanol–water partition coefficient (Wildman–Crippen LogP) is 4.79. The highest BCUT2D eigenvalue weighted by Crippen LogP contribution is 2.38. The molecule has 0 unspecified atom stereocenters. The summed E-state index contributed by atoms with van der Waals surface area (Å²) in [5.74, 6) is 1.88. The monoisotopic (exact) mass is 401 g/mol. The Hall–Kier alpha value is -3.15. The van der Waals surface area contributed by atoms with Crippen LogP contribution in [0.3, 0.4) is 0 Å². The van der Waals surface area contributed by atoms with Gasteiger partial charge in [-0.2, -0.15) is 0 Å². The van der Waals surface area contributed by atoms with Crippen LogP contribution in [0.4, 0.5) is 22.0 Å². The summed E-state index contributed by atoms with van der Waals surface area (Å²) < 4.78 is 0. The van der Waals surface area contributed by atoms with Crippen LogP contribution in [0.5, 0.6) is 0 Å². The minimum Gasteiger partial charge on any atom is -0.353 e. The third kappa shape index (κ3) is 3.36. The maximum Gasteiger partial charge on any atom is 0.323 e. The van der Waals surface area contributed by atoms with Gasteiger partial charge in [0.2, 0.25) is 0 Å². The average Bonchev–Trinajstić information content (AvgIpc) is 2.80. The van der Waals surface area contributed by atoms with Crippen LogP contribution in [0.25, 0.3) is 10.9 Å². The molecule has 154 valence electrons. The second-order valence-electron chi connectivity index (χ2n) is 8.41. The minimum atomic E-state index is -0.533. The Labute approximate surface area is 176 Å². The Morgan fingerprint density at radius 1 is 1.10 bits per heavy atom. The van der Waals surface area contributed by atoms with Crippen molar-refractivity contribution in [2.75, 3.05) is 16.3 Å². The topological polar surface area (TPSA) is 75.3 Å². The van der Waals surface area contributed by atoms with Crippen LogP contribution in [-0.4, -0.2) is 28.6 Å². The molecule has 3 fully saturated rings. The highest BCUT2D eigenvalue weighted by atomic mass is 16.2. The van der Waals surface area contributed by atoms with E-state index in [0.29, 0.717) is 17.4 Å². The summed E-state index contributed by atoms with van der Waals surface area (Å²) in [7, 11) is 0. The maximum absolute atomic E-state index is 12.2. The third-order valence-electron chi connectivity index (χ3n) is 6.57. The first kappa shape index (κ1) is 18.9. The number of piperidine rings is 2. The number of primary amides is 1. The summed E-state index contributed by atoms with van der Waals surface area (Å²) in [5, 5.41) is 0.989. The number of aromatic nitrogens is 2. The fraction of sp³-hybridized carbons (Fsp3) is 0.375. The lowest BCUT2D eigenvalue weighted by Gasteiger charge is -2.46. The summed E-state index contributed by atoms with van der Waals surface area (Å²) >= 11 is 0.